The van der Waals surface area contributed by atoms with Crippen LogP contribution in [0.5, 0.6) is 5.75 Å². The van der Waals surface area contributed by atoms with E-state index in [0.29, 0.717) is 12.0 Å². The second kappa shape index (κ2) is 4.89. The molecule has 0 atom stereocenters. The number of rotatable bonds is 4. The van der Waals surface area contributed by atoms with E-state index in [0.717, 1.165) is 0 Å². The van der Waals surface area contributed by atoms with Crippen molar-refractivity contribution in [1.82, 2.24) is 0 Å². The summed E-state index contributed by atoms with van der Waals surface area (Å²) in [7, 11) is 1.38. The van der Waals surface area contributed by atoms with Crippen LogP contribution in [0.2, 0.25) is 0 Å². The highest BCUT2D eigenvalue weighted by atomic mass is 16.6. The number of carbonyl (C=O) groups excluding carboxylic acids is 1. The molecular weight excluding hydrogens is 212 g/mol. The van der Waals surface area contributed by atoms with Crippen molar-refractivity contribution in [2.75, 3.05) is 7.11 Å². The first-order valence-corrected chi connectivity index (χ1v) is 4.31. The molecular formula is C10H8N2O4. The molecule has 1 aromatic rings. The summed E-state index contributed by atoms with van der Waals surface area (Å²) in [5.41, 5.74) is -0.249. The Hall–Kier alpha value is -2.42. The summed E-state index contributed by atoms with van der Waals surface area (Å²) in [6.45, 7) is 0. The standard InChI is InChI=1S/C10H8N2O4/c1-16-9-4-7(2-3-11)10(12(14)15)8(5-9)6-13/h4-6H,2H2,1H3. The number of hydrogen-bond acceptors (Lipinski definition) is 5. The van der Waals surface area contributed by atoms with Crippen LogP contribution in [-0.4, -0.2) is 18.3 Å². The van der Waals surface area contributed by atoms with E-state index < -0.39 is 4.92 Å². The lowest BCUT2D eigenvalue weighted by molar-refractivity contribution is -0.385. The van der Waals surface area contributed by atoms with Gasteiger partial charge in [-0.2, -0.15) is 5.26 Å². The van der Waals surface area contributed by atoms with Gasteiger partial charge in [0, 0.05) is 5.56 Å². The molecule has 6 heteroatoms. The van der Waals surface area contributed by atoms with Crippen molar-refractivity contribution < 1.29 is 14.5 Å². The van der Waals surface area contributed by atoms with E-state index in [4.69, 9.17) is 10.00 Å². The van der Waals surface area contributed by atoms with Gasteiger partial charge in [-0.25, -0.2) is 0 Å². The number of carbonyl (C=O) groups is 1. The molecule has 0 saturated carbocycles. The van der Waals surface area contributed by atoms with Crippen molar-refractivity contribution in [1.29, 1.82) is 5.26 Å². The van der Waals surface area contributed by atoms with Crippen LogP contribution >= 0.6 is 0 Å². The van der Waals surface area contributed by atoms with Gasteiger partial charge in [0.25, 0.3) is 5.69 Å². The van der Waals surface area contributed by atoms with Crippen molar-refractivity contribution in [3.63, 3.8) is 0 Å². The Balaban J connectivity index is 3.48. The van der Waals surface area contributed by atoms with Crippen LogP contribution in [0.3, 0.4) is 0 Å². The summed E-state index contributed by atoms with van der Waals surface area (Å²) >= 11 is 0. The topological polar surface area (TPSA) is 93.2 Å². The SMILES string of the molecule is COc1cc(C=O)c([N+](=O)[O-])c(CC#N)c1. The minimum absolute atomic E-state index is 0.0883. The third-order valence-electron chi connectivity index (χ3n) is 2.01. The first-order chi connectivity index (χ1) is 7.63. The molecule has 0 fully saturated rings. The Morgan fingerprint density at radius 3 is 2.75 bits per heavy atom. The van der Waals surface area contributed by atoms with E-state index in [-0.39, 0.29) is 23.2 Å². The second-order valence-electron chi connectivity index (χ2n) is 2.93. The van der Waals surface area contributed by atoms with Crippen LogP contribution in [0.25, 0.3) is 0 Å². The molecule has 0 radical (unpaired) electrons. The smallest absolute Gasteiger partial charge is 0.284 e. The minimum Gasteiger partial charge on any atom is -0.497 e. The third kappa shape index (κ3) is 2.15. The normalized spacial score (nSPS) is 9.25. The fraction of sp³-hybridized carbons (Fsp3) is 0.200. The van der Waals surface area contributed by atoms with Gasteiger partial charge in [0.05, 0.1) is 30.1 Å². The summed E-state index contributed by atoms with van der Waals surface area (Å²) in [4.78, 5) is 20.8. The Morgan fingerprint density at radius 2 is 2.31 bits per heavy atom. The van der Waals surface area contributed by atoms with Crippen molar-refractivity contribution in [2.24, 2.45) is 0 Å². The Kier molecular flexibility index (Phi) is 3.56. The zero-order chi connectivity index (χ0) is 12.1. The van der Waals surface area contributed by atoms with Gasteiger partial charge in [-0.15, -0.1) is 0 Å². The van der Waals surface area contributed by atoms with Crippen LogP contribution in [0, 0.1) is 21.4 Å². The van der Waals surface area contributed by atoms with Crippen LogP contribution in [0.4, 0.5) is 5.69 Å². The zero-order valence-corrected chi connectivity index (χ0v) is 8.47. The third-order valence-corrected chi connectivity index (χ3v) is 2.01. The molecule has 1 rings (SSSR count). The number of nitro groups is 1. The molecule has 0 aliphatic rings. The zero-order valence-electron chi connectivity index (χ0n) is 8.47. The van der Waals surface area contributed by atoms with E-state index in [9.17, 15) is 14.9 Å². The molecule has 0 amide bonds. The summed E-state index contributed by atoms with van der Waals surface area (Å²) < 4.78 is 4.89. The number of aldehydes is 1. The average molecular weight is 220 g/mol. The number of nitriles is 1. The number of methoxy groups -OCH3 is 1. The Labute approximate surface area is 91.2 Å². The van der Waals surface area contributed by atoms with Crippen LogP contribution in [-0.2, 0) is 6.42 Å². The molecule has 1 aromatic carbocycles. The fourth-order valence-corrected chi connectivity index (χ4v) is 1.34. The van der Waals surface area contributed by atoms with E-state index in [1.807, 2.05) is 0 Å². The first-order valence-electron chi connectivity index (χ1n) is 4.31. The minimum atomic E-state index is -0.671. The average Bonchev–Trinajstić information content (AvgIpc) is 2.27. The summed E-state index contributed by atoms with van der Waals surface area (Å²) in [6.07, 6.45) is 0.232. The van der Waals surface area contributed by atoms with Crippen molar-refractivity contribution in [2.45, 2.75) is 6.42 Å². The lowest BCUT2D eigenvalue weighted by Gasteiger charge is -2.05. The van der Waals surface area contributed by atoms with Crippen LogP contribution in [0.1, 0.15) is 15.9 Å². The maximum atomic E-state index is 10.8. The number of nitro benzene ring substituents is 1. The summed E-state index contributed by atoms with van der Waals surface area (Å²) in [5, 5.41) is 19.3. The van der Waals surface area contributed by atoms with E-state index in [1.54, 1.807) is 6.07 Å². The van der Waals surface area contributed by atoms with Gasteiger partial charge in [0.2, 0.25) is 0 Å². The maximum absolute atomic E-state index is 10.8. The number of ether oxygens (including phenoxy) is 1. The predicted octanol–water partition coefficient (Wildman–Crippen LogP) is 1.48. The number of nitrogens with zero attached hydrogens (tertiary/aromatic N) is 2. The van der Waals surface area contributed by atoms with Crippen LogP contribution < -0.4 is 4.74 Å². The highest BCUT2D eigenvalue weighted by Gasteiger charge is 2.20. The first kappa shape index (κ1) is 11.7. The number of benzene rings is 1. The van der Waals surface area contributed by atoms with Gasteiger partial charge in [0.15, 0.2) is 6.29 Å². The maximum Gasteiger partial charge on any atom is 0.284 e. The van der Waals surface area contributed by atoms with E-state index in [2.05, 4.69) is 0 Å². The molecule has 0 aromatic heterocycles. The molecule has 0 N–H and O–H groups in total. The Bertz CT molecular complexity index is 476. The molecule has 0 bridgehead atoms. The van der Waals surface area contributed by atoms with Gasteiger partial charge in [-0.1, -0.05) is 0 Å². The van der Waals surface area contributed by atoms with Gasteiger partial charge >= 0.3 is 0 Å². The highest BCUT2D eigenvalue weighted by Crippen LogP contribution is 2.28. The largest absolute Gasteiger partial charge is 0.497 e. The van der Waals surface area contributed by atoms with Crippen molar-refractivity contribution in [3.05, 3.63) is 33.4 Å². The molecule has 0 heterocycles. The van der Waals surface area contributed by atoms with Crippen LogP contribution in [0.15, 0.2) is 12.1 Å². The molecule has 0 spiro atoms. The molecule has 0 saturated heterocycles. The fourth-order valence-electron chi connectivity index (χ4n) is 1.34. The molecule has 6 nitrogen and oxygen atoms in total. The van der Waals surface area contributed by atoms with Crippen molar-refractivity contribution in [3.8, 4) is 11.8 Å². The van der Waals surface area contributed by atoms with Gasteiger partial charge in [-0.3, -0.25) is 14.9 Å². The number of hydrogen-bond donors (Lipinski definition) is 0. The molecule has 82 valence electrons. The Morgan fingerprint density at radius 1 is 1.62 bits per heavy atom. The monoisotopic (exact) mass is 220 g/mol. The predicted molar refractivity (Wildman–Crippen MR) is 54.4 cm³/mol. The van der Waals surface area contributed by atoms with Gasteiger partial charge < -0.3 is 4.74 Å². The summed E-state index contributed by atoms with van der Waals surface area (Å²) in [6, 6.07) is 4.46. The quantitative estimate of drug-likeness (QED) is 0.435. The molecule has 0 aliphatic heterocycles. The summed E-state index contributed by atoms with van der Waals surface area (Å²) in [5.74, 6) is 0.318. The second-order valence-corrected chi connectivity index (χ2v) is 2.93. The highest BCUT2D eigenvalue weighted by molar-refractivity contribution is 5.83. The van der Waals surface area contributed by atoms with E-state index >= 15 is 0 Å². The lowest BCUT2D eigenvalue weighted by Crippen LogP contribution is -2.01. The van der Waals surface area contributed by atoms with Gasteiger partial charge in [0.1, 0.15) is 5.75 Å². The lowest BCUT2D eigenvalue weighted by atomic mass is 10.1. The molecule has 0 aliphatic carbocycles. The van der Waals surface area contributed by atoms with Gasteiger partial charge in [-0.05, 0) is 12.1 Å². The molecule has 0 unspecified atom stereocenters. The van der Waals surface area contributed by atoms with E-state index in [1.165, 1.54) is 19.2 Å². The van der Waals surface area contributed by atoms with Crippen molar-refractivity contribution >= 4 is 12.0 Å². The molecule has 16 heavy (non-hydrogen) atoms.